The molecule has 0 unspecified atom stereocenters. The molecule has 1 heterocycles. The third-order valence-electron chi connectivity index (χ3n) is 1.76. The molecule has 0 saturated carbocycles. The monoisotopic (exact) mass is 197 g/mol. The smallest absolute Gasteiger partial charge is 0.0813 e. The second-order valence-electron chi connectivity index (χ2n) is 4.45. The number of aryl methyl sites for hydroxylation is 2. The van der Waals surface area contributed by atoms with Gasteiger partial charge in [0.2, 0.25) is 0 Å². The first-order chi connectivity index (χ1) is 6.38. The van der Waals surface area contributed by atoms with Crippen molar-refractivity contribution < 1.29 is 4.84 Å². The molecule has 4 nitrogen and oxygen atoms in total. The molecule has 1 N–H and O–H groups in total. The van der Waals surface area contributed by atoms with Crippen molar-refractivity contribution >= 4 is 0 Å². The van der Waals surface area contributed by atoms with Crippen molar-refractivity contribution in [2.45, 2.75) is 39.8 Å². The van der Waals surface area contributed by atoms with Gasteiger partial charge in [0.15, 0.2) is 0 Å². The molecule has 80 valence electrons. The lowest BCUT2D eigenvalue weighted by atomic mass is 10.2. The fraction of sp³-hybridized carbons (Fsp3) is 0.700. The summed E-state index contributed by atoms with van der Waals surface area (Å²) in [5.74, 6) is 0. The molecule has 0 aliphatic carbocycles. The summed E-state index contributed by atoms with van der Waals surface area (Å²) in [5.41, 5.74) is 4.99. The van der Waals surface area contributed by atoms with Crippen LogP contribution in [0.5, 0.6) is 0 Å². The zero-order chi connectivity index (χ0) is 10.8. The van der Waals surface area contributed by atoms with E-state index in [0.29, 0.717) is 6.54 Å². The van der Waals surface area contributed by atoms with E-state index in [2.05, 4.69) is 10.6 Å². The first-order valence-electron chi connectivity index (χ1n) is 4.78. The van der Waals surface area contributed by atoms with E-state index in [9.17, 15) is 0 Å². The highest BCUT2D eigenvalue weighted by molar-refractivity contribution is 5.14. The number of aromatic nitrogens is 2. The number of hydrogen-bond donors (Lipinski definition) is 1. The van der Waals surface area contributed by atoms with Gasteiger partial charge in [-0.05, 0) is 27.7 Å². The Morgan fingerprint density at radius 1 is 1.50 bits per heavy atom. The molecule has 0 saturated heterocycles. The average molecular weight is 197 g/mol. The van der Waals surface area contributed by atoms with Crippen LogP contribution in [0.4, 0.5) is 0 Å². The minimum absolute atomic E-state index is 0.157. The van der Waals surface area contributed by atoms with Crippen LogP contribution in [0.2, 0.25) is 0 Å². The Morgan fingerprint density at radius 3 is 2.57 bits per heavy atom. The summed E-state index contributed by atoms with van der Waals surface area (Å²) in [6, 6.07) is 0. The Labute approximate surface area is 85.2 Å². The van der Waals surface area contributed by atoms with Crippen LogP contribution in [0.15, 0.2) is 6.20 Å². The van der Waals surface area contributed by atoms with Gasteiger partial charge < -0.3 is 0 Å². The molecule has 1 rings (SSSR count). The molecule has 4 heteroatoms. The highest BCUT2D eigenvalue weighted by atomic mass is 16.7. The lowest BCUT2D eigenvalue weighted by Gasteiger charge is -2.19. The van der Waals surface area contributed by atoms with Crippen LogP contribution < -0.4 is 5.48 Å². The Bertz CT molecular complexity index is 299. The molecule has 0 aliphatic heterocycles. The third kappa shape index (κ3) is 3.47. The van der Waals surface area contributed by atoms with Gasteiger partial charge >= 0.3 is 0 Å². The van der Waals surface area contributed by atoms with Crippen LogP contribution in [-0.4, -0.2) is 15.4 Å². The maximum absolute atomic E-state index is 5.41. The summed E-state index contributed by atoms with van der Waals surface area (Å²) in [7, 11) is 1.92. The van der Waals surface area contributed by atoms with Gasteiger partial charge in [-0.3, -0.25) is 9.52 Å². The second kappa shape index (κ2) is 4.11. The SMILES string of the molecule is Cc1nn(C)cc1CNOC(C)(C)C. The highest BCUT2D eigenvalue weighted by Gasteiger charge is 2.10. The number of nitrogens with one attached hydrogen (secondary N) is 1. The van der Waals surface area contributed by atoms with Crippen molar-refractivity contribution in [3.63, 3.8) is 0 Å². The minimum atomic E-state index is -0.157. The summed E-state index contributed by atoms with van der Waals surface area (Å²) in [6.45, 7) is 8.72. The fourth-order valence-corrected chi connectivity index (χ4v) is 1.15. The van der Waals surface area contributed by atoms with Crippen LogP contribution in [0.1, 0.15) is 32.0 Å². The van der Waals surface area contributed by atoms with Gasteiger partial charge in [-0.2, -0.15) is 10.6 Å². The van der Waals surface area contributed by atoms with E-state index in [1.165, 1.54) is 0 Å². The van der Waals surface area contributed by atoms with Crippen molar-refractivity contribution in [2.24, 2.45) is 7.05 Å². The maximum Gasteiger partial charge on any atom is 0.0813 e. The summed E-state index contributed by atoms with van der Waals surface area (Å²) in [6.07, 6.45) is 1.99. The van der Waals surface area contributed by atoms with Crippen LogP contribution in [0.3, 0.4) is 0 Å². The first-order valence-corrected chi connectivity index (χ1v) is 4.78. The van der Waals surface area contributed by atoms with E-state index < -0.39 is 0 Å². The molecule has 0 spiro atoms. The van der Waals surface area contributed by atoms with E-state index in [1.54, 1.807) is 0 Å². The molecule has 1 aromatic heterocycles. The maximum atomic E-state index is 5.41. The molecule has 0 fully saturated rings. The van der Waals surface area contributed by atoms with Crippen molar-refractivity contribution in [2.75, 3.05) is 0 Å². The quantitative estimate of drug-likeness (QED) is 0.747. The molecule has 1 aromatic rings. The van der Waals surface area contributed by atoms with Crippen LogP contribution in [-0.2, 0) is 18.4 Å². The molecule has 0 aliphatic rings. The fourth-order valence-electron chi connectivity index (χ4n) is 1.15. The standard InChI is InChI=1S/C10H19N3O/c1-8-9(7-13(5)12-8)6-11-14-10(2,3)4/h7,11H,6H2,1-5H3. The topological polar surface area (TPSA) is 39.1 Å². The van der Waals surface area contributed by atoms with Gasteiger partial charge in [0.05, 0.1) is 11.3 Å². The Balaban J connectivity index is 2.42. The molecule has 0 bridgehead atoms. The van der Waals surface area contributed by atoms with Gasteiger partial charge in [0.1, 0.15) is 0 Å². The molecule has 0 aromatic carbocycles. The largest absolute Gasteiger partial charge is 0.296 e. The lowest BCUT2D eigenvalue weighted by Crippen LogP contribution is -2.28. The normalized spacial score (nSPS) is 12.1. The predicted molar refractivity (Wildman–Crippen MR) is 55.6 cm³/mol. The molecule has 0 amide bonds. The number of hydroxylamine groups is 1. The molecule has 0 atom stereocenters. The zero-order valence-corrected chi connectivity index (χ0v) is 9.59. The summed E-state index contributed by atoms with van der Waals surface area (Å²) >= 11 is 0. The van der Waals surface area contributed by atoms with Gasteiger partial charge in [0, 0.05) is 25.4 Å². The van der Waals surface area contributed by atoms with E-state index in [-0.39, 0.29) is 5.60 Å². The van der Waals surface area contributed by atoms with E-state index in [1.807, 2.05) is 45.6 Å². The minimum Gasteiger partial charge on any atom is -0.296 e. The van der Waals surface area contributed by atoms with Crippen LogP contribution >= 0.6 is 0 Å². The molecular weight excluding hydrogens is 178 g/mol. The van der Waals surface area contributed by atoms with E-state index in [0.717, 1.165) is 11.3 Å². The molecular formula is C10H19N3O. The zero-order valence-electron chi connectivity index (χ0n) is 9.59. The van der Waals surface area contributed by atoms with Crippen molar-refractivity contribution in [3.05, 3.63) is 17.5 Å². The van der Waals surface area contributed by atoms with Crippen molar-refractivity contribution in [3.8, 4) is 0 Å². The number of nitrogens with zero attached hydrogens (tertiary/aromatic N) is 2. The van der Waals surface area contributed by atoms with E-state index in [4.69, 9.17) is 4.84 Å². The molecule has 0 radical (unpaired) electrons. The van der Waals surface area contributed by atoms with E-state index >= 15 is 0 Å². The lowest BCUT2D eigenvalue weighted by molar-refractivity contribution is -0.0758. The van der Waals surface area contributed by atoms with Gasteiger partial charge in [0.25, 0.3) is 0 Å². The first kappa shape index (κ1) is 11.2. The average Bonchev–Trinajstić information content (AvgIpc) is 2.27. The van der Waals surface area contributed by atoms with Crippen LogP contribution in [0, 0.1) is 6.92 Å². The summed E-state index contributed by atoms with van der Waals surface area (Å²) < 4.78 is 1.81. The van der Waals surface area contributed by atoms with Gasteiger partial charge in [-0.1, -0.05) is 0 Å². The second-order valence-corrected chi connectivity index (χ2v) is 4.45. The Morgan fingerprint density at radius 2 is 2.14 bits per heavy atom. The Hall–Kier alpha value is -0.870. The van der Waals surface area contributed by atoms with Crippen LogP contribution in [0.25, 0.3) is 0 Å². The number of rotatable bonds is 3. The Kier molecular flexibility index (Phi) is 3.29. The van der Waals surface area contributed by atoms with Crippen molar-refractivity contribution in [1.82, 2.24) is 15.3 Å². The van der Waals surface area contributed by atoms with Gasteiger partial charge in [-0.25, -0.2) is 0 Å². The highest BCUT2D eigenvalue weighted by Crippen LogP contribution is 2.07. The molecule has 14 heavy (non-hydrogen) atoms. The summed E-state index contributed by atoms with van der Waals surface area (Å²) in [5, 5.41) is 4.25. The predicted octanol–water partition coefficient (Wildman–Crippen LogP) is 1.55. The summed E-state index contributed by atoms with van der Waals surface area (Å²) in [4.78, 5) is 5.41. The van der Waals surface area contributed by atoms with Gasteiger partial charge in [-0.15, -0.1) is 0 Å². The van der Waals surface area contributed by atoms with Crippen molar-refractivity contribution in [1.29, 1.82) is 0 Å². The number of hydrogen-bond acceptors (Lipinski definition) is 3. The third-order valence-corrected chi connectivity index (χ3v) is 1.76.